The first-order chi connectivity index (χ1) is 9.55. The van der Waals surface area contributed by atoms with E-state index in [-0.39, 0.29) is 11.6 Å². The van der Waals surface area contributed by atoms with Crippen LogP contribution in [0.3, 0.4) is 0 Å². The molecule has 2 N–H and O–H groups in total. The molecule has 2 aromatic heterocycles. The molecule has 20 heavy (non-hydrogen) atoms. The molecular weight excluding hydrogens is 296 g/mol. The smallest absolute Gasteiger partial charge is 0.274 e. The van der Waals surface area contributed by atoms with Gasteiger partial charge in [0, 0.05) is 16.3 Å². The predicted molar refractivity (Wildman–Crippen MR) is 79.2 cm³/mol. The first-order valence-electron chi connectivity index (χ1n) is 6.35. The van der Waals surface area contributed by atoms with Gasteiger partial charge in [-0.25, -0.2) is 13.1 Å². The second-order valence-electron chi connectivity index (χ2n) is 4.30. The van der Waals surface area contributed by atoms with Crippen LogP contribution in [0.4, 0.5) is 0 Å². The fraction of sp³-hybridized carbons (Fsp3) is 0.385. The lowest BCUT2D eigenvalue weighted by molar-refractivity contribution is 0.404. The molecule has 2 aromatic rings. The monoisotopic (exact) mass is 314 g/mol. The van der Waals surface area contributed by atoms with Gasteiger partial charge in [-0.1, -0.05) is 6.92 Å². The standard InChI is InChI=1S/C13H18N2O3S2/c1-3-11-5-6-12(19-11)9-15-20(16,17)13-7-4-10(18-13)8-14-2/h4-7,14-15H,3,8-9H2,1-2H3. The molecule has 0 unspecified atom stereocenters. The third kappa shape index (κ3) is 3.69. The fourth-order valence-electron chi connectivity index (χ4n) is 1.72. The molecule has 0 amide bonds. The van der Waals surface area contributed by atoms with Gasteiger partial charge in [-0.3, -0.25) is 0 Å². The van der Waals surface area contributed by atoms with Crippen LogP contribution in [-0.2, 0) is 29.5 Å². The maximum absolute atomic E-state index is 12.1. The molecule has 2 heterocycles. The second-order valence-corrected chi connectivity index (χ2v) is 7.25. The van der Waals surface area contributed by atoms with Crippen LogP contribution in [0, 0.1) is 0 Å². The summed E-state index contributed by atoms with van der Waals surface area (Å²) in [5.74, 6) is 0.595. The largest absolute Gasteiger partial charge is 0.447 e. The van der Waals surface area contributed by atoms with Gasteiger partial charge in [-0.05, 0) is 37.7 Å². The number of rotatable bonds is 7. The zero-order chi connectivity index (χ0) is 14.6. The van der Waals surface area contributed by atoms with E-state index in [1.165, 1.54) is 10.9 Å². The van der Waals surface area contributed by atoms with Crippen molar-refractivity contribution in [3.63, 3.8) is 0 Å². The van der Waals surface area contributed by atoms with E-state index in [1.54, 1.807) is 24.5 Å². The molecule has 5 nitrogen and oxygen atoms in total. The molecule has 7 heteroatoms. The topological polar surface area (TPSA) is 71.3 Å². The average molecular weight is 314 g/mol. The van der Waals surface area contributed by atoms with Crippen LogP contribution in [0.1, 0.15) is 22.4 Å². The normalized spacial score (nSPS) is 11.9. The van der Waals surface area contributed by atoms with Crippen molar-refractivity contribution >= 4 is 21.4 Å². The zero-order valence-corrected chi connectivity index (χ0v) is 13.1. The molecule has 0 spiro atoms. The van der Waals surface area contributed by atoms with Gasteiger partial charge in [0.1, 0.15) is 5.76 Å². The Morgan fingerprint density at radius 1 is 1.15 bits per heavy atom. The van der Waals surface area contributed by atoms with Gasteiger partial charge in [0.15, 0.2) is 0 Å². The molecule has 0 radical (unpaired) electrons. The van der Waals surface area contributed by atoms with Crippen LogP contribution < -0.4 is 10.0 Å². The number of hydrogen-bond donors (Lipinski definition) is 2. The number of aryl methyl sites for hydroxylation is 1. The lowest BCUT2D eigenvalue weighted by atomic mass is 10.4. The second kappa shape index (κ2) is 6.53. The molecule has 2 rings (SSSR count). The van der Waals surface area contributed by atoms with E-state index in [9.17, 15) is 8.42 Å². The molecule has 0 aliphatic heterocycles. The number of thiophene rings is 1. The van der Waals surface area contributed by atoms with Gasteiger partial charge in [-0.15, -0.1) is 11.3 Å². The Bertz CT molecular complexity index is 659. The minimum absolute atomic E-state index is 0.0463. The Morgan fingerprint density at radius 2 is 1.90 bits per heavy atom. The van der Waals surface area contributed by atoms with Crippen LogP contribution in [0.25, 0.3) is 0 Å². The Kier molecular flexibility index (Phi) is 4.98. The van der Waals surface area contributed by atoms with Gasteiger partial charge in [-0.2, -0.15) is 0 Å². The molecule has 0 aliphatic carbocycles. The van der Waals surface area contributed by atoms with Crippen molar-refractivity contribution in [2.24, 2.45) is 0 Å². The summed E-state index contributed by atoms with van der Waals surface area (Å²) in [6.07, 6.45) is 0.961. The van der Waals surface area contributed by atoms with Gasteiger partial charge in [0.2, 0.25) is 5.09 Å². The summed E-state index contributed by atoms with van der Waals surface area (Å²) in [6.45, 7) is 2.86. The van der Waals surface area contributed by atoms with Crippen molar-refractivity contribution in [2.45, 2.75) is 31.5 Å². The van der Waals surface area contributed by atoms with Gasteiger partial charge >= 0.3 is 0 Å². The number of furan rings is 1. The molecular formula is C13H18N2O3S2. The highest BCUT2D eigenvalue weighted by molar-refractivity contribution is 7.89. The molecule has 0 aromatic carbocycles. The molecule has 0 bridgehead atoms. The van der Waals surface area contributed by atoms with E-state index in [0.717, 1.165) is 11.3 Å². The van der Waals surface area contributed by atoms with E-state index in [4.69, 9.17) is 4.42 Å². The minimum Gasteiger partial charge on any atom is -0.447 e. The third-order valence-electron chi connectivity index (χ3n) is 2.76. The fourth-order valence-corrected chi connectivity index (χ4v) is 3.66. The van der Waals surface area contributed by atoms with Gasteiger partial charge in [0.25, 0.3) is 10.0 Å². The van der Waals surface area contributed by atoms with E-state index < -0.39 is 10.0 Å². The quantitative estimate of drug-likeness (QED) is 0.821. The summed E-state index contributed by atoms with van der Waals surface area (Å²) >= 11 is 1.61. The number of sulfonamides is 1. The summed E-state index contributed by atoms with van der Waals surface area (Å²) in [5.41, 5.74) is 0. The van der Waals surface area contributed by atoms with Crippen molar-refractivity contribution in [3.05, 3.63) is 39.8 Å². The van der Waals surface area contributed by atoms with E-state index >= 15 is 0 Å². The van der Waals surface area contributed by atoms with E-state index in [2.05, 4.69) is 17.0 Å². The van der Waals surface area contributed by atoms with Crippen molar-refractivity contribution in [3.8, 4) is 0 Å². The molecule has 0 aliphatic rings. The van der Waals surface area contributed by atoms with Gasteiger partial charge < -0.3 is 9.73 Å². The van der Waals surface area contributed by atoms with Crippen molar-refractivity contribution in [1.29, 1.82) is 0 Å². The number of nitrogens with one attached hydrogen (secondary N) is 2. The van der Waals surface area contributed by atoms with Crippen LogP contribution in [0.15, 0.2) is 33.8 Å². The summed E-state index contributed by atoms with van der Waals surface area (Å²) in [5, 5.41) is 2.86. The lowest BCUT2D eigenvalue weighted by Gasteiger charge is -2.02. The molecule has 0 saturated heterocycles. The zero-order valence-electron chi connectivity index (χ0n) is 11.5. The van der Waals surface area contributed by atoms with Crippen LogP contribution >= 0.6 is 11.3 Å². The summed E-state index contributed by atoms with van der Waals surface area (Å²) in [6, 6.07) is 7.10. The molecule has 0 atom stereocenters. The van der Waals surface area contributed by atoms with Crippen LogP contribution in [0.2, 0.25) is 0 Å². The molecule has 0 saturated carbocycles. The predicted octanol–water partition coefficient (Wildman–Crippen LogP) is 2.10. The maximum Gasteiger partial charge on any atom is 0.274 e. The first kappa shape index (κ1) is 15.2. The highest BCUT2D eigenvalue weighted by Gasteiger charge is 2.18. The Labute approximate surface area is 123 Å². The first-order valence-corrected chi connectivity index (χ1v) is 8.65. The summed E-state index contributed by atoms with van der Waals surface area (Å²) in [4.78, 5) is 2.24. The average Bonchev–Trinajstić information content (AvgIpc) is 3.06. The maximum atomic E-state index is 12.1. The van der Waals surface area contributed by atoms with Gasteiger partial charge in [0.05, 0.1) is 6.54 Å². The van der Waals surface area contributed by atoms with E-state index in [1.807, 2.05) is 12.1 Å². The summed E-state index contributed by atoms with van der Waals surface area (Å²) < 4.78 is 32.0. The Hall–Kier alpha value is -1.15. The van der Waals surface area contributed by atoms with Crippen molar-refractivity contribution in [2.75, 3.05) is 7.05 Å². The van der Waals surface area contributed by atoms with Crippen molar-refractivity contribution in [1.82, 2.24) is 10.0 Å². The highest BCUT2D eigenvalue weighted by Crippen LogP contribution is 2.18. The molecule has 0 fully saturated rings. The Balaban J connectivity index is 2.02. The highest BCUT2D eigenvalue weighted by atomic mass is 32.2. The lowest BCUT2D eigenvalue weighted by Crippen LogP contribution is -2.22. The van der Waals surface area contributed by atoms with E-state index in [0.29, 0.717) is 12.3 Å². The third-order valence-corrected chi connectivity index (χ3v) is 5.26. The van der Waals surface area contributed by atoms with Crippen LogP contribution in [-0.4, -0.2) is 15.5 Å². The SMILES string of the molecule is CCc1ccc(CNS(=O)(=O)c2ccc(CNC)o2)s1. The van der Waals surface area contributed by atoms with Crippen LogP contribution in [0.5, 0.6) is 0 Å². The number of hydrogen-bond acceptors (Lipinski definition) is 5. The Morgan fingerprint density at radius 3 is 2.55 bits per heavy atom. The minimum atomic E-state index is -3.59. The molecule has 110 valence electrons. The summed E-state index contributed by atoms with van der Waals surface area (Å²) in [7, 11) is -1.82. The van der Waals surface area contributed by atoms with Crippen molar-refractivity contribution < 1.29 is 12.8 Å².